The lowest BCUT2D eigenvalue weighted by molar-refractivity contribution is 0.152. The van der Waals surface area contributed by atoms with Crippen molar-refractivity contribution in [2.45, 2.75) is 20.3 Å². The Morgan fingerprint density at radius 1 is 1.50 bits per heavy atom. The highest BCUT2D eigenvalue weighted by molar-refractivity contribution is 5.73. The Morgan fingerprint density at radius 3 is 3.11 bits per heavy atom. The van der Waals surface area contributed by atoms with E-state index in [9.17, 15) is 4.79 Å². The van der Waals surface area contributed by atoms with E-state index in [1.807, 2.05) is 25.1 Å². The van der Waals surface area contributed by atoms with Gasteiger partial charge in [-0.2, -0.15) is 0 Å². The monoisotopic (exact) mass is 248 g/mol. The number of oxazole rings is 1. The molecule has 1 aromatic heterocycles. The molecule has 0 aliphatic rings. The molecule has 2 aromatic rings. The maximum Gasteiger partial charge on any atom is 0.407 e. The molecule has 0 aliphatic heterocycles. The van der Waals surface area contributed by atoms with Crippen LogP contribution in [0, 0.1) is 6.92 Å². The molecule has 5 heteroatoms. The molecule has 0 fully saturated rings. The van der Waals surface area contributed by atoms with Crippen LogP contribution in [0.5, 0.6) is 0 Å². The van der Waals surface area contributed by atoms with Crippen LogP contribution in [0.15, 0.2) is 22.6 Å². The summed E-state index contributed by atoms with van der Waals surface area (Å²) in [5.74, 6) is 0.659. The quantitative estimate of drug-likeness (QED) is 0.902. The van der Waals surface area contributed by atoms with E-state index in [2.05, 4.69) is 10.3 Å². The van der Waals surface area contributed by atoms with E-state index in [1.165, 1.54) is 0 Å². The summed E-state index contributed by atoms with van der Waals surface area (Å²) in [6, 6.07) is 5.84. The molecule has 0 saturated heterocycles. The maximum atomic E-state index is 11.1. The van der Waals surface area contributed by atoms with E-state index in [0.29, 0.717) is 19.0 Å². The zero-order valence-corrected chi connectivity index (χ0v) is 10.5. The molecule has 1 aromatic carbocycles. The summed E-state index contributed by atoms with van der Waals surface area (Å²) < 4.78 is 10.2. The summed E-state index contributed by atoms with van der Waals surface area (Å²) >= 11 is 0. The molecule has 0 radical (unpaired) electrons. The number of fused-ring (bicyclic) bond motifs is 1. The molecule has 0 aliphatic carbocycles. The Bertz CT molecular complexity index is 548. The third-order valence-electron chi connectivity index (χ3n) is 2.52. The Hall–Kier alpha value is -2.04. The summed E-state index contributed by atoms with van der Waals surface area (Å²) in [5, 5.41) is 2.68. The Labute approximate surface area is 105 Å². The van der Waals surface area contributed by atoms with Gasteiger partial charge < -0.3 is 14.5 Å². The van der Waals surface area contributed by atoms with Gasteiger partial charge in [-0.3, -0.25) is 0 Å². The molecular formula is C13H16N2O3. The number of nitrogens with one attached hydrogen (secondary N) is 1. The number of amides is 1. The average Bonchev–Trinajstić information content (AvgIpc) is 2.69. The number of hydrogen-bond acceptors (Lipinski definition) is 4. The number of aromatic nitrogens is 1. The van der Waals surface area contributed by atoms with E-state index < -0.39 is 0 Å². The van der Waals surface area contributed by atoms with Gasteiger partial charge in [0.15, 0.2) is 11.5 Å². The van der Waals surface area contributed by atoms with Gasteiger partial charge in [0.25, 0.3) is 0 Å². The first kappa shape index (κ1) is 12.4. The topological polar surface area (TPSA) is 64.4 Å². The first-order valence-electron chi connectivity index (χ1n) is 5.95. The third-order valence-corrected chi connectivity index (χ3v) is 2.52. The molecule has 18 heavy (non-hydrogen) atoms. The van der Waals surface area contributed by atoms with Crippen molar-refractivity contribution in [3.63, 3.8) is 0 Å². The number of carbonyl (C=O) groups excluding carboxylic acids is 1. The van der Waals surface area contributed by atoms with Crippen LogP contribution in [0.4, 0.5) is 4.79 Å². The van der Waals surface area contributed by atoms with Crippen LogP contribution < -0.4 is 5.32 Å². The van der Waals surface area contributed by atoms with Crippen LogP contribution in [-0.4, -0.2) is 24.2 Å². The average molecular weight is 248 g/mol. The van der Waals surface area contributed by atoms with Crippen molar-refractivity contribution in [1.29, 1.82) is 0 Å². The minimum absolute atomic E-state index is 0.379. The number of nitrogens with zero attached hydrogens (tertiary/aromatic N) is 1. The van der Waals surface area contributed by atoms with E-state index in [-0.39, 0.29) is 6.09 Å². The predicted octanol–water partition coefficient (Wildman–Crippen LogP) is 2.42. The van der Waals surface area contributed by atoms with Crippen molar-refractivity contribution in [3.8, 4) is 0 Å². The van der Waals surface area contributed by atoms with Gasteiger partial charge in [0, 0.05) is 13.5 Å². The van der Waals surface area contributed by atoms with E-state index in [0.717, 1.165) is 23.1 Å². The number of aryl methyl sites for hydroxylation is 1. The zero-order valence-electron chi connectivity index (χ0n) is 10.5. The van der Waals surface area contributed by atoms with Crippen LogP contribution in [0.1, 0.15) is 18.4 Å². The van der Waals surface area contributed by atoms with Crippen LogP contribution in [0.25, 0.3) is 11.1 Å². The number of carbonyl (C=O) groups is 1. The lowest BCUT2D eigenvalue weighted by Gasteiger charge is -2.04. The van der Waals surface area contributed by atoms with Crippen molar-refractivity contribution >= 4 is 17.2 Å². The molecule has 0 unspecified atom stereocenters. The Kier molecular flexibility index (Phi) is 3.82. The first-order chi connectivity index (χ1) is 8.69. The van der Waals surface area contributed by atoms with Gasteiger partial charge in [-0.15, -0.1) is 0 Å². The maximum absolute atomic E-state index is 11.1. The third kappa shape index (κ3) is 3.00. The number of rotatable bonds is 4. The molecule has 2 rings (SSSR count). The summed E-state index contributed by atoms with van der Waals surface area (Å²) in [4.78, 5) is 15.4. The summed E-state index contributed by atoms with van der Waals surface area (Å²) in [6.07, 6.45) is 0.358. The predicted molar refractivity (Wildman–Crippen MR) is 67.5 cm³/mol. The molecule has 0 spiro atoms. The normalized spacial score (nSPS) is 10.6. The van der Waals surface area contributed by atoms with Gasteiger partial charge in [-0.1, -0.05) is 6.07 Å². The minimum atomic E-state index is -0.379. The molecule has 1 amide bonds. The molecule has 0 bridgehead atoms. The molecule has 0 atom stereocenters. The fraction of sp³-hybridized carbons (Fsp3) is 0.385. The molecule has 1 N–H and O–H groups in total. The number of hydrogen-bond donors (Lipinski definition) is 1. The van der Waals surface area contributed by atoms with Crippen LogP contribution in [-0.2, 0) is 11.2 Å². The van der Waals surface area contributed by atoms with Crippen molar-refractivity contribution < 1.29 is 13.9 Å². The Balaban J connectivity index is 1.93. The lowest BCUT2D eigenvalue weighted by atomic mass is 10.1. The van der Waals surface area contributed by atoms with Crippen molar-refractivity contribution in [2.24, 2.45) is 0 Å². The Morgan fingerprint density at radius 2 is 2.33 bits per heavy atom. The highest BCUT2D eigenvalue weighted by Gasteiger charge is 2.04. The second-order valence-corrected chi connectivity index (χ2v) is 3.93. The molecular weight excluding hydrogens is 232 g/mol. The first-order valence-corrected chi connectivity index (χ1v) is 5.95. The van der Waals surface area contributed by atoms with Crippen molar-refractivity contribution in [2.75, 3.05) is 13.2 Å². The standard InChI is InChI=1S/C13H16N2O3/c1-3-17-13(16)14-7-6-10-4-5-12-11(8-10)15-9(2)18-12/h4-5,8H,3,6-7H2,1-2H3,(H,14,16). The van der Waals surface area contributed by atoms with Crippen molar-refractivity contribution in [3.05, 3.63) is 29.7 Å². The second-order valence-electron chi connectivity index (χ2n) is 3.93. The highest BCUT2D eigenvalue weighted by Crippen LogP contribution is 2.16. The molecule has 96 valence electrons. The number of ether oxygens (including phenoxy) is 1. The fourth-order valence-corrected chi connectivity index (χ4v) is 1.73. The van der Waals surface area contributed by atoms with Gasteiger partial charge >= 0.3 is 6.09 Å². The van der Waals surface area contributed by atoms with Crippen LogP contribution in [0.2, 0.25) is 0 Å². The van der Waals surface area contributed by atoms with Gasteiger partial charge in [0.05, 0.1) is 6.61 Å². The lowest BCUT2D eigenvalue weighted by Crippen LogP contribution is -2.26. The van der Waals surface area contributed by atoms with Gasteiger partial charge in [-0.25, -0.2) is 9.78 Å². The highest BCUT2D eigenvalue weighted by atomic mass is 16.5. The number of alkyl carbamates (subject to hydrolysis) is 1. The summed E-state index contributed by atoms with van der Waals surface area (Å²) in [6.45, 7) is 4.53. The minimum Gasteiger partial charge on any atom is -0.450 e. The zero-order chi connectivity index (χ0) is 13.0. The number of benzene rings is 1. The SMILES string of the molecule is CCOC(=O)NCCc1ccc2oc(C)nc2c1. The second kappa shape index (κ2) is 5.53. The van der Waals surface area contributed by atoms with Crippen molar-refractivity contribution in [1.82, 2.24) is 10.3 Å². The summed E-state index contributed by atoms with van der Waals surface area (Å²) in [7, 11) is 0. The van der Waals surface area contributed by atoms with Crippen LogP contribution >= 0.6 is 0 Å². The fourth-order valence-electron chi connectivity index (χ4n) is 1.73. The van der Waals surface area contributed by atoms with Crippen LogP contribution in [0.3, 0.4) is 0 Å². The van der Waals surface area contributed by atoms with Gasteiger partial charge in [-0.05, 0) is 31.0 Å². The van der Waals surface area contributed by atoms with E-state index >= 15 is 0 Å². The largest absolute Gasteiger partial charge is 0.450 e. The van der Waals surface area contributed by atoms with E-state index in [4.69, 9.17) is 9.15 Å². The smallest absolute Gasteiger partial charge is 0.407 e. The summed E-state index contributed by atoms with van der Waals surface area (Å²) in [5.41, 5.74) is 2.74. The van der Waals surface area contributed by atoms with Gasteiger partial charge in [0.1, 0.15) is 5.52 Å². The molecule has 5 nitrogen and oxygen atoms in total. The molecule has 1 heterocycles. The molecule has 0 saturated carbocycles. The van der Waals surface area contributed by atoms with E-state index in [1.54, 1.807) is 6.92 Å². The van der Waals surface area contributed by atoms with Gasteiger partial charge in [0.2, 0.25) is 0 Å².